The van der Waals surface area contributed by atoms with Gasteiger partial charge in [0, 0.05) is 24.7 Å². The lowest BCUT2D eigenvalue weighted by Gasteiger charge is -2.09. The Balaban J connectivity index is 2.28. The molecule has 1 N–H and O–H groups in total. The van der Waals surface area contributed by atoms with Gasteiger partial charge in [-0.25, -0.2) is 4.98 Å². The summed E-state index contributed by atoms with van der Waals surface area (Å²) in [4.78, 5) is 16.9. The quantitative estimate of drug-likeness (QED) is 0.886. The number of nitrogens with zero attached hydrogens (tertiary/aromatic N) is 2. The molecule has 4 nitrogen and oxygen atoms in total. The average molecular weight is 291 g/mol. The topological polar surface area (TPSA) is 46.9 Å². The third-order valence-electron chi connectivity index (χ3n) is 2.89. The van der Waals surface area contributed by atoms with Crippen LogP contribution in [0.5, 0.6) is 0 Å². The van der Waals surface area contributed by atoms with Gasteiger partial charge in [0.15, 0.2) is 5.13 Å². The van der Waals surface area contributed by atoms with E-state index in [1.807, 2.05) is 23.7 Å². The molecule has 0 amide bonds. The van der Waals surface area contributed by atoms with E-state index in [1.54, 1.807) is 15.9 Å². The predicted octanol–water partition coefficient (Wildman–Crippen LogP) is 3.45. The van der Waals surface area contributed by atoms with Gasteiger partial charge >= 0.3 is 0 Å². The zero-order chi connectivity index (χ0) is 14.5. The van der Waals surface area contributed by atoms with Crippen LogP contribution in [-0.2, 0) is 6.54 Å². The molecule has 0 bridgehead atoms. The molecule has 0 spiro atoms. The van der Waals surface area contributed by atoms with Crippen LogP contribution in [-0.4, -0.2) is 16.1 Å². The second kappa shape index (κ2) is 6.70. The highest BCUT2D eigenvalue weighted by Crippen LogP contribution is 2.22. The molecule has 5 heteroatoms. The summed E-state index contributed by atoms with van der Waals surface area (Å²) in [5.41, 5.74) is 1.47. The fourth-order valence-electron chi connectivity index (χ4n) is 1.98. The molecule has 0 saturated carbocycles. The maximum Gasteiger partial charge on any atom is 0.260 e. The third kappa shape index (κ3) is 3.48. The highest BCUT2D eigenvalue weighted by molar-refractivity contribution is 7.14. The first kappa shape index (κ1) is 14.8. The van der Waals surface area contributed by atoms with E-state index in [1.165, 1.54) is 0 Å². The average Bonchev–Trinajstić information content (AvgIpc) is 2.87. The Morgan fingerprint density at radius 2 is 2.25 bits per heavy atom. The Hall–Kier alpha value is -1.62. The summed E-state index contributed by atoms with van der Waals surface area (Å²) in [6.07, 6.45) is 2.90. The zero-order valence-electron chi connectivity index (χ0n) is 12.2. The molecule has 2 rings (SSSR count). The second-order valence-corrected chi connectivity index (χ2v) is 6.10. The molecule has 0 atom stereocenters. The number of pyridine rings is 1. The number of aromatic nitrogens is 2. The van der Waals surface area contributed by atoms with Crippen molar-refractivity contribution in [2.24, 2.45) is 5.92 Å². The molecule has 0 aromatic carbocycles. The minimum Gasteiger partial charge on any atom is -0.362 e. The Kier molecular flexibility index (Phi) is 4.95. The van der Waals surface area contributed by atoms with Gasteiger partial charge < -0.3 is 9.88 Å². The van der Waals surface area contributed by atoms with E-state index in [9.17, 15) is 4.79 Å². The van der Waals surface area contributed by atoms with Crippen molar-refractivity contribution in [2.45, 2.75) is 33.7 Å². The Labute approximate surface area is 123 Å². The largest absolute Gasteiger partial charge is 0.362 e. The van der Waals surface area contributed by atoms with E-state index in [0.717, 1.165) is 30.3 Å². The molecule has 20 heavy (non-hydrogen) atoms. The van der Waals surface area contributed by atoms with Crippen LogP contribution in [0.4, 0.5) is 5.13 Å². The third-order valence-corrected chi connectivity index (χ3v) is 3.69. The van der Waals surface area contributed by atoms with Crippen LogP contribution in [0.3, 0.4) is 0 Å². The van der Waals surface area contributed by atoms with Gasteiger partial charge in [-0.15, -0.1) is 11.3 Å². The summed E-state index contributed by atoms with van der Waals surface area (Å²) in [5.74, 6) is 0.445. The Morgan fingerprint density at radius 3 is 2.95 bits per heavy atom. The van der Waals surface area contributed by atoms with E-state index < -0.39 is 0 Å². The van der Waals surface area contributed by atoms with Crippen LogP contribution in [0.15, 0.2) is 28.5 Å². The summed E-state index contributed by atoms with van der Waals surface area (Å²) in [7, 11) is 0. The fourth-order valence-corrected chi connectivity index (χ4v) is 2.72. The van der Waals surface area contributed by atoms with Crippen LogP contribution >= 0.6 is 11.3 Å². The van der Waals surface area contributed by atoms with Crippen molar-refractivity contribution in [3.05, 3.63) is 34.1 Å². The molecular weight excluding hydrogens is 270 g/mol. The maximum atomic E-state index is 12.4. The first-order valence-electron chi connectivity index (χ1n) is 7.01. The molecule has 0 unspecified atom stereocenters. The van der Waals surface area contributed by atoms with Crippen LogP contribution in [0, 0.1) is 5.92 Å². The van der Waals surface area contributed by atoms with E-state index in [2.05, 4.69) is 31.1 Å². The first-order valence-corrected chi connectivity index (χ1v) is 7.89. The molecule has 2 aromatic rings. The maximum absolute atomic E-state index is 12.4. The highest BCUT2D eigenvalue weighted by atomic mass is 32.1. The van der Waals surface area contributed by atoms with Crippen LogP contribution in [0.25, 0.3) is 11.3 Å². The fraction of sp³-hybridized carbons (Fsp3) is 0.467. The van der Waals surface area contributed by atoms with Crippen molar-refractivity contribution in [3.63, 3.8) is 0 Å². The zero-order valence-corrected chi connectivity index (χ0v) is 13.0. The van der Waals surface area contributed by atoms with Gasteiger partial charge in [0.1, 0.15) is 0 Å². The summed E-state index contributed by atoms with van der Waals surface area (Å²) < 4.78 is 1.76. The summed E-state index contributed by atoms with van der Waals surface area (Å²) in [6, 6.07) is 3.76. The molecule has 0 aliphatic rings. The number of hydrogen-bond donors (Lipinski definition) is 1. The molecule has 0 aliphatic heterocycles. The van der Waals surface area contributed by atoms with E-state index in [0.29, 0.717) is 11.5 Å². The van der Waals surface area contributed by atoms with Crippen LogP contribution < -0.4 is 10.9 Å². The molecule has 2 heterocycles. The smallest absolute Gasteiger partial charge is 0.260 e. The normalized spacial score (nSPS) is 11.0. The van der Waals surface area contributed by atoms with Crippen molar-refractivity contribution in [3.8, 4) is 11.3 Å². The van der Waals surface area contributed by atoms with Gasteiger partial charge in [-0.2, -0.15) is 0 Å². The lowest BCUT2D eigenvalue weighted by atomic mass is 10.2. The molecular formula is C15H21N3OS. The second-order valence-electron chi connectivity index (χ2n) is 5.24. The number of rotatable bonds is 6. The molecule has 0 fully saturated rings. The van der Waals surface area contributed by atoms with Crippen molar-refractivity contribution in [1.82, 2.24) is 9.55 Å². The van der Waals surface area contributed by atoms with Crippen molar-refractivity contribution in [2.75, 3.05) is 11.9 Å². The Morgan fingerprint density at radius 1 is 1.45 bits per heavy atom. The van der Waals surface area contributed by atoms with E-state index >= 15 is 0 Å². The molecule has 0 aliphatic carbocycles. The Bertz CT molecular complexity index is 616. The van der Waals surface area contributed by atoms with Gasteiger partial charge in [-0.3, -0.25) is 4.79 Å². The summed E-state index contributed by atoms with van der Waals surface area (Å²) in [5, 5.41) is 6.06. The molecule has 2 aromatic heterocycles. The minimum absolute atomic E-state index is 0.0357. The van der Waals surface area contributed by atoms with E-state index in [4.69, 9.17) is 0 Å². The molecule has 108 valence electrons. The van der Waals surface area contributed by atoms with Crippen molar-refractivity contribution in [1.29, 1.82) is 0 Å². The van der Waals surface area contributed by atoms with Gasteiger partial charge in [0.05, 0.1) is 11.3 Å². The number of thiazole rings is 1. The summed E-state index contributed by atoms with van der Waals surface area (Å²) in [6.45, 7) is 7.96. The van der Waals surface area contributed by atoms with Crippen LogP contribution in [0.1, 0.15) is 27.2 Å². The SMILES string of the molecule is CCCNc1nc(-c2cccn(CC(C)C)c2=O)cs1. The highest BCUT2D eigenvalue weighted by Gasteiger charge is 2.10. The van der Waals surface area contributed by atoms with Gasteiger partial charge in [-0.05, 0) is 24.5 Å². The molecule has 0 saturated heterocycles. The van der Waals surface area contributed by atoms with Crippen molar-refractivity contribution >= 4 is 16.5 Å². The minimum atomic E-state index is 0.0357. The number of anilines is 1. The lowest BCUT2D eigenvalue weighted by Crippen LogP contribution is -2.23. The number of hydrogen-bond acceptors (Lipinski definition) is 4. The van der Waals surface area contributed by atoms with Crippen molar-refractivity contribution < 1.29 is 0 Å². The predicted molar refractivity (Wildman–Crippen MR) is 85.4 cm³/mol. The van der Waals surface area contributed by atoms with E-state index in [-0.39, 0.29) is 5.56 Å². The summed E-state index contributed by atoms with van der Waals surface area (Å²) >= 11 is 1.54. The number of nitrogens with one attached hydrogen (secondary N) is 1. The van der Waals surface area contributed by atoms with Gasteiger partial charge in [0.2, 0.25) is 0 Å². The first-order chi connectivity index (χ1) is 9.61. The van der Waals surface area contributed by atoms with Crippen LogP contribution in [0.2, 0.25) is 0 Å². The van der Waals surface area contributed by atoms with Gasteiger partial charge in [-0.1, -0.05) is 20.8 Å². The monoisotopic (exact) mass is 291 g/mol. The standard InChI is InChI=1S/C15H21N3OS/c1-4-7-16-15-17-13(10-20-15)12-6-5-8-18(14(12)19)9-11(2)3/h5-6,8,10-11H,4,7,9H2,1-3H3,(H,16,17). The van der Waals surface area contributed by atoms with Gasteiger partial charge in [0.25, 0.3) is 5.56 Å². The lowest BCUT2D eigenvalue weighted by molar-refractivity contribution is 0.511. The molecule has 0 radical (unpaired) electrons.